The molecule has 0 aliphatic carbocycles. The predicted octanol–water partition coefficient (Wildman–Crippen LogP) is 7.68. The summed E-state index contributed by atoms with van der Waals surface area (Å²) in [5, 5.41) is 9.65. The van der Waals surface area contributed by atoms with Gasteiger partial charge in [-0.1, -0.05) is 85.3 Å². The smallest absolute Gasteiger partial charge is 0.0992 e. The van der Waals surface area contributed by atoms with E-state index in [-0.39, 0.29) is 5.92 Å². The lowest BCUT2D eigenvalue weighted by molar-refractivity contribution is 1.02. The standard InChI is InChI=1S/C31H24N2/c1-21-8-6-11-25(14-21)28-16-23(20-32)17-29(19-28)26-12-7-13-27(18-26)30-15-22(2)31(33-30)24-9-4-3-5-10-24/h3-19,22H,1-2H3. The molecule has 0 spiro atoms. The van der Waals surface area contributed by atoms with Gasteiger partial charge in [0.25, 0.3) is 0 Å². The third-order valence-electron chi connectivity index (χ3n) is 6.05. The lowest BCUT2D eigenvalue weighted by atomic mass is 9.94. The van der Waals surface area contributed by atoms with Crippen LogP contribution < -0.4 is 0 Å². The molecule has 5 rings (SSSR count). The Labute approximate surface area is 195 Å². The molecule has 0 bridgehead atoms. The summed E-state index contributed by atoms with van der Waals surface area (Å²) in [6, 6.07) is 35.6. The third kappa shape index (κ3) is 4.27. The van der Waals surface area contributed by atoms with E-state index in [1.807, 2.05) is 18.2 Å². The van der Waals surface area contributed by atoms with Crippen LogP contribution in [-0.4, -0.2) is 5.71 Å². The van der Waals surface area contributed by atoms with Gasteiger partial charge in [-0.25, -0.2) is 0 Å². The second-order valence-electron chi connectivity index (χ2n) is 8.56. The fourth-order valence-electron chi connectivity index (χ4n) is 4.39. The highest BCUT2D eigenvalue weighted by atomic mass is 14.8. The Balaban J connectivity index is 1.54. The van der Waals surface area contributed by atoms with Gasteiger partial charge in [0.2, 0.25) is 0 Å². The van der Waals surface area contributed by atoms with E-state index in [4.69, 9.17) is 4.99 Å². The van der Waals surface area contributed by atoms with Crippen LogP contribution in [0.15, 0.2) is 108 Å². The van der Waals surface area contributed by atoms with Crippen molar-refractivity contribution in [1.82, 2.24) is 0 Å². The third-order valence-corrected chi connectivity index (χ3v) is 6.05. The van der Waals surface area contributed by atoms with E-state index in [0.29, 0.717) is 5.56 Å². The fourth-order valence-corrected chi connectivity index (χ4v) is 4.39. The highest BCUT2D eigenvalue weighted by Crippen LogP contribution is 2.33. The minimum Gasteiger partial charge on any atom is -0.252 e. The maximum atomic E-state index is 9.65. The summed E-state index contributed by atoms with van der Waals surface area (Å²) in [4.78, 5) is 4.98. The van der Waals surface area contributed by atoms with E-state index in [1.54, 1.807) is 0 Å². The van der Waals surface area contributed by atoms with E-state index in [0.717, 1.165) is 44.8 Å². The largest absolute Gasteiger partial charge is 0.252 e. The molecule has 0 amide bonds. The number of aryl methyl sites for hydroxylation is 1. The van der Waals surface area contributed by atoms with Gasteiger partial charge in [0, 0.05) is 11.5 Å². The second-order valence-corrected chi connectivity index (χ2v) is 8.56. The molecule has 1 atom stereocenters. The Morgan fingerprint density at radius 2 is 1.27 bits per heavy atom. The molecule has 0 radical (unpaired) electrons. The normalized spacial score (nSPS) is 15.0. The van der Waals surface area contributed by atoms with Crippen LogP contribution in [0.25, 0.3) is 28.0 Å². The van der Waals surface area contributed by atoms with Crippen molar-refractivity contribution in [2.75, 3.05) is 0 Å². The number of nitriles is 1. The van der Waals surface area contributed by atoms with Gasteiger partial charge in [-0.3, -0.25) is 4.99 Å². The molecule has 0 saturated heterocycles. The summed E-state index contributed by atoms with van der Waals surface area (Å²) in [5.41, 5.74) is 10.5. The molecule has 1 aliphatic heterocycles. The number of aliphatic imine (C=N–C) groups is 1. The number of nitrogens with zero attached hydrogens (tertiary/aromatic N) is 2. The van der Waals surface area contributed by atoms with Gasteiger partial charge in [-0.2, -0.15) is 5.26 Å². The first kappa shape index (κ1) is 20.7. The molecule has 4 aromatic rings. The van der Waals surface area contributed by atoms with E-state index >= 15 is 0 Å². The number of benzene rings is 4. The molecule has 0 N–H and O–H groups in total. The molecule has 33 heavy (non-hydrogen) atoms. The van der Waals surface area contributed by atoms with Crippen molar-refractivity contribution in [3.63, 3.8) is 0 Å². The zero-order valence-corrected chi connectivity index (χ0v) is 18.8. The lowest BCUT2D eigenvalue weighted by Crippen LogP contribution is -2.06. The molecule has 0 fully saturated rings. The van der Waals surface area contributed by atoms with Crippen LogP contribution in [0.3, 0.4) is 0 Å². The van der Waals surface area contributed by atoms with Gasteiger partial charge in [-0.05, 0) is 65.1 Å². The molecule has 0 saturated carbocycles. The summed E-state index contributed by atoms with van der Waals surface area (Å²) < 4.78 is 0. The molecule has 0 aromatic heterocycles. The van der Waals surface area contributed by atoms with E-state index in [1.165, 1.54) is 5.56 Å². The van der Waals surface area contributed by atoms with Crippen LogP contribution >= 0.6 is 0 Å². The zero-order valence-electron chi connectivity index (χ0n) is 18.8. The Morgan fingerprint density at radius 1 is 0.667 bits per heavy atom. The number of allylic oxidation sites excluding steroid dienone is 1. The van der Waals surface area contributed by atoms with Crippen molar-refractivity contribution in [1.29, 1.82) is 5.26 Å². The molecular formula is C31H24N2. The fraction of sp³-hybridized carbons (Fsp3) is 0.0968. The second kappa shape index (κ2) is 8.73. The molecule has 1 unspecified atom stereocenters. The summed E-state index contributed by atoms with van der Waals surface area (Å²) in [5.74, 6) is 0.265. The van der Waals surface area contributed by atoms with E-state index in [2.05, 4.69) is 105 Å². The van der Waals surface area contributed by atoms with Crippen LogP contribution in [0.4, 0.5) is 0 Å². The number of hydrogen-bond acceptors (Lipinski definition) is 2. The van der Waals surface area contributed by atoms with Crippen LogP contribution in [0.5, 0.6) is 0 Å². The quantitative estimate of drug-likeness (QED) is 0.331. The Hall–Kier alpha value is -4.22. The average Bonchev–Trinajstić information content (AvgIpc) is 3.26. The topological polar surface area (TPSA) is 36.1 Å². The minimum atomic E-state index is 0.265. The van der Waals surface area contributed by atoms with E-state index < -0.39 is 0 Å². The maximum absolute atomic E-state index is 9.65. The molecule has 1 heterocycles. The van der Waals surface area contributed by atoms with Crippen molar-refractivity contribution in [3.8, 4) is 28.3 Å². The highest BCUT2D eigenvalue weighted by molar-refractivity contribution is 6.09. The molecule has 2 heteroatoms. The molecule has 2 nitrogen and oxygen atoms in total. The molecule has 4 aromatic carbocycles. The van der Waals surface area contributed by atoms with Crippen molar-refractivity contribution >= 4 is 11.4 Å². The van der Waals surface area contributed by atoms with Gasteiger partial charge in [0.15, 0.2) is 0 Å². The summed E-state index contributed by atoms with van der Waals surface area (Å²) in [6.45, 7) is 4.27. The summed E-state index contributed by atoms with van der Waals surface area (Å²) in [7, 11) is 0. The van der Waals surface area contributed by atoms with Crippen molar-refractivity contribution < 1.29 is 0 Å². The molecule has 158 valence electrons. The molecular weight excluding hydrogens is 400 g/mol. The van der Waals surface area contributed by atoms with Crippen LogP contribution in [0.2, 0.25) is 0 Å². The summed E-state index contributed by atoms with van der Waals surface area (Å²) in [6.07, 6.45) is 2.23. The zero-order chi connectivity index (χ0) is 22.8. The van der Waals surface area contributed by atoms with Crippen LogP contribution in [0.1, 0.15) is 29.2 Å². The average molecular weight is 425 g/mol. The number of rotatable bonds is 4. The lowest BCUT2D eigenvalue weighted by Gasteiger charge is -2.10. The Morgan fingerprint density at radius 3 is 1.97 bits per heavy atom. The monoisotopic (exact) mass is 424 g/mol. The Kier molecular flexibility index (Phi) is 5.47. The maximum Gasteiger partial charge on any atom is 0.0992 e. The van der Waals surface area contributed by atoms with Gasteiger partial charge in [0.05, 0.1) is 23.0 Å². The minimum absolute atomic E-state index is 0.265. The van der Waals surface area contributed by atoms with Gasteiger partial charge in [-0.15, -0.1) is 0 Å². The SMILES string of the molecule is Cc1cccc(-c2cc(C#N)cc(-c3cccc(C4=CC(C)C(c5ccccc5)=N4)c3)c2)c1. The number of hydrogen-bond donors (Lipinski definition) is 0. The first-order valence-electron chi connectivity index (χ1n) is 11.2. The van der Waals surface area contributed by atoms with Crippen molar-refractivity contribution in [2.24, 2.45) is 10.9 Å². The summed E-state index contributed by atoms with van der Waals surface area (Å²) >= 11 is 0. The van der Waals surface area contributed by atoms with Crippen molar-refractivity contribution in [2.45, 2.75) is 13.8 Å². The van der Waals surface area contributed by atoms with Crippen LogP contribution in [0, 0.1) is 24.2 Å². The first-order valence-corrected chi connectivity index (χ1v) is 11.2. The van der Waals surface area contributed by atoms with Crippen LogP contribution in [-0.2, 0) is 0 Å². The Bertz CT molecular complexity index is 1440. The van der Waals surface area contributed by atoms with Gasteiger partial charge < -0.3 is 0 Å². The first-order chi connectivity index (χ1) is 16.1. The highest BCUT2D eigenvalue weighted by Gasteiger charge is 2.19. The molecule has 1 aliphatic rings. The van der Waals surface area contributed by atoms with Gasteiger partial charge in [0.1, 0.15) is 0 Å². The van der Waals surface area contributed by atoms with E-state index in [9.17, 15) is 5.26 Å². The van der Waals surface area contributed by atoms with Gasteiger partial charge >= 0.3 is 0 Å². The van der Waals surface area contributed by atoms with Crippen molar-refractivity contribution in [3.05, 3.63) is 125 Å². The predicted molar refractivity (Wildman–Crippen MR) is 137 cm³/mol.